The molecule has 0 aliphatic carbocycles. The molecule has 118 valence electrons. The molecule has 6 heteroatoms. The number of nitrogens with zero attached hydrogens (tertiary/aromatic N) is 1. The van der Waals surface area contributed by atoms with Crippen LogP contribution in [-0.2, 0) is 9.53 Å². The van der Waals surface area contributed by atoms with Gasteiger partial charge in [0.05, 0.1) is 6.61 Å². The summed E-state index contributed by atoms with van der Waals surface area (Å²) in [7, 11) is 0. The Labute approximate surface area is 128 Å². The summed E-state index contributed by atoms with van der Waals surface area (Å²) >= 11 is 0. The largest absolute Gasteiger partial charge is 0.505 e. The van der Waals surface area contributed by atoms with E-state index in [2.05, 4.69) is 4.99 Å². The second-order valence-corrected chi connectivity index (χ2v) is 4.74. The van der Waals surface area contributed by atoms with E-state index in [-0.39, 0.29) is 29.5 Å². The first-order valence-electron chi connectivity index (χ1n) is 6.85. The van der Waals surface area contributed by atoms with Crippen molar-refractivity contribution < 1.29 is 19.0 Å². The van der Waals surface area contributed by atoms with Crippen LogP contribution in [0.2, 0.25) is 0 Å². The number of aliphatic hydroxyl groups is 1. The number of esters is 1. The van der Waals surface area contributed by atoms with Crippen molar-refractivity contribution in [2.75, 3.05) is 6.61 Å². The maximum atomic E-state index is 12.9. The molecule has 0 aromatic heterocycles. The minimum absolute atomic E-state index is 0.0859. The summed E-state index contributed by atoms with van der Waals surface area (Å²) in [6, 6.07) is 4.94. The van der Waals surface area contributed by atoms with Gasteiger partial charge in [-0.1, -0.05) is 0 Å². The second kappa shape index (κ2) is 8.07. The Hall–Kier alpha value is -2.50. The number of rotatable bonds is 6. The number of nitrogens with one attached hydrogen (secondary N) is 1. The maximum Gasteiger partial charge on any atom is 0.343 e. The smallest absolute Gasteiger partial charge is 0.343 e. The predicted octanol–water partition coefficient (Wildman–Crippen LogP) is 3.05. The number of allylic oxidation sites excluding steroid dienone is 1. The molecule has 0 radical (unpaired) electrons. The summed E-state index contributed by atoms with van der Waals surface area (Å²) in [5.41, 5.74) is -0.234. The normalized spacial score (nSPS) is 12.4. The Morgan fingerprint density at radius 2 is 2.00 bits per heavy atom. The number of hydrogen-bond acceptors (Lipinski definition) is 5. The molecule has 0 atom stereocenters. The maximum absolute atomic E-state index is 12.9. The van der Waals surface area contributed by atoms with Gasteiger partial charge < -0.3 is 9.84 Å². The van der Waals surface area contributed by atoms with Crippen LogP contribution in [0.25, 0.3) is 0 Å². The first-order chi connectivity index (χ1) is 10.4. The second-order valence-electron chi connectivity index (χ2n) is 4.74. The molecule has 2 N–H and O–H groups in total. The molecule has 0 saturated heterocycles. The van der Waals surface area contributed by atoms with Gasteiger partial charge in [0.25, 0.3) is 0 Å². The van der Waals surface area contributed by atoms with Gasteiger partial charge in [-0.2, -0.15) is 0 Å². The fraction of sp³-hybridized carbons (Fsp3) is 0.312. The fourth-order valence-corrected chi connectivity index (χ4v) is 1.53. The number of aliphatic hydroxyl groups excluding tert-OH is 1. The molecule has 1 aromatic rings. The summed E-state index contributed by atoms with van der Waals surface area (Å²) in [5, 5.41) is 18.1. The molecular weight excluding hydrogens is 287 g/mol. The Kier molecular flexibility index (Phi) is 6.44. The molecule has 0 spiro atoms. The minimum Gasteiger partial charge on any atom is -0.505 e. The van der Waals surface area contributed by atoms with Crippen LogP contribution in [0.5, 0.6) is 0 Å². The van der Waals surface area contributed by atoms with Gasteiger partial charge in [-0.15, -0.1) is 0 Å². The molecule has 0 aliphatic heterocycles. The minimum atomic E-state index is -0.767. The Morgan fingerprint density at radius 3 is 2.50 bits per heavy atom. The average Bonchev–Trinajstić information content (AvgIpc) is 2.47. The summed E-state index contributed by atoms with van der Waals surface area (Å²) in [6.07, 6.45) is 1.19. The van der Waals surface area contributed by atoms with E-state index in [0.717, 1.165) is 0 Å². The van der Waals surface area contributed by atoms with Crippen molar-refractivity contribution in [3.05, 3.63) is 47.0 Å². The molecule has 0 saturated carbocycles. The van der Waals surface area contributed by atoms with Gasteiger partial charge in [-0.3, -0.25) is 10.4 Å². The first kappa shape index (κ1) is 17.6. The van der Waals surface area contributed by atoms with E-state index >= 15 is 0 Å². The first-order valence-corrected chi connectivity index (χ1v) is 6.85. The number of carbonyl (C=O) groups is 1. The molecule has 1 rings (SSSR count). The third-order valence-corrected chi connectivity index (χ3v) is 2.62. The van der Waals surface area contributed by atoms with E-state index in [1.54, 1.807) is 6.92 Å². The van der Waals surface area contributed by atoms with Gasteiger partial charge in [-0.05, 0) is 45.0 Å². The summed E-state index contributed by atoms with van der Waals surface area (Å²) in [4.78, 5) is 15.9. The lowest BCUT2D eigenvalue weighted by Gasteiger charge is -2.08. The molecule has 0 unspecified atom stereocenters. The summed E-state index contributed by atoms with van der Waals surface area (Å²) in [6.45, 7) is 5.38. The van der Waals surface area contributed by atoms with Crippen molar-refractivity contribution in [1.82, 2.24) is 0 Å². The number of ether oxygens (including phenoxy) is 1. The third kappa shape index (κ3) is 4.80. The van der Waals surface area contributed by atoms with Crippen LogP contribution in [-0.4, -0.2) is 35.7 Å². The average molecular weight is 306 g/mol. The molecule has 0 bridgehead atoms. The zero-order valence-corrected chi connectivity index (χ0v) is 12.8. The number of carbonyl (C=O) groups excluding carboxylic acids is 1. The van der Waals surface area contributed by atoms with E-state index in [4.69, 9.17) is 10.1 Å². The highest BCUT2D eigenvalue weighted by Crippen LogP contribution is 2.12. The van der Waals surface area contributed by atoms with E-state index < -0.39 is 17.5 Å². The highest BCUT2D eigenvalue weighted by Gasteiger charge is 2.19. The lowest BCUT2D eigenvalue weighted by molar-refractivity contribution is -0.138. The molecule has 0 aliphatic rings. The number of benzene rings is 1. The predicted molar refractivity (Wildman–Crippen MR) is 83.1 cm³/mol. The van der Waals surface area contributed by atoms with Crippen molar-refractivity contribution in [1.29, 1.82) is 5.41 Å². The number of aliphatic imine (C=N–C) groups is 1. The molecule has 0 fully saturated rings. The molecule has 5 nitrogen and oxygen atoms in total. The van der Waals surface area contributed by atoms with Gasteiger partial charge in [0.15, 0.2) is 5.76 Å². The van der Waals surface area contributed by atoms with E-state index in [9.17, 15) is 14.3 Å². The molecular formula is C16H19FN2O3. The monoisotopic (exact) mass is 306 g/mol. The van der Waals surface area contributed by atoms with Crippen LogP contribution in [0.15, 0.2) is 40.6 Å². The van der Waals surface area contributed by atoms with Crippen molar-refractivity contribution in [2.45, 2.75) is 26.8 Å². The van der Waals surface area contributed by atoms with Crippen LogP contribution in [0.3, 0.4) is 0 Å². The zero-order valence-electron chi connectivity index (χ0n) is 12.8. The SMILES string of the molecule is CCOC(=O)C(C=NC(C)C)=C(O)C(=N)c1ccc(F)cc1. The Bertz CT molecular complexity index is 604. The van der Waals surface area contributed by atoms with E-state index in [1.807, 2.05) is 13.8 Å². The van der Waals surface area contributed by atoms with Crippen LogP contribution < -0.4 is 0 Å². The van der Waals surface area contributed by atoms with Crippen LogP contribution in [0.4, 0.5) is 4.39 Å². The van der Waals surface area contributed by atoms with Crippen molar-refractivity contribution in [3.63, 3.8) is 0 Å². The third-order valence-electron chi connectivity index (χ3n) is 2.62. The van der Waals surface area contributed by atoms with Crippen molar-refractivity contribution in [2.24, 2.45) is 4.99 Å². The fourth-order valence-electron chi connectivity index (χ4n) is 1.53. The van der Waals surface area contributed by atoms with Crippen molar-refractivity contribution >= 4 is 17.9 Å². The lowest BCUT2D eigenvalue weighted by Crippen LogP contribution is -2.16. The number of halogens is 1. The molecule has 0 amide bonds. The molecule has 22 heavy (non-hydrogen) atoms. The van der Waals surface area contributed by atoms with Crippen LogP contribution in [0, 0.1) is 11.2 Å². The molecule has 0 heterocycles. The van der Waals surface area contributed by atoms with Gasteiger partial charge >= 0.3 is 5.97 Å². The Balaban J connectivity index is 3.21. The van der Waals surface area contributed by atoms with E-state index in [0.29, 0.717) is 0 Å². The van der Waals surface area contributed by atoms with Crippen LogP contribution in [0.1, 0.15) is 26.3 Å². The van der Waals surface area contributed by atoms with Gasteiger partial charge in [0, 0.05) is 17.8 Å². The van der Waals surface area contributed by atoms with Gasteiger partial charge in [0.1, 0.15) is 17.1 Å². The van der Waals surface area contributed by atoms with Crippen LogP contribution >= 0.6 is 0 Å². The molecule has 1 aromatic carbocycles. The van der Waals surface area contributed by atoms with Gasteiger partial charge in [0.2, 0.25) is 0 Å². The lowest BCUT2D eigenvalue weighted by atomic mass is 10.1. The highest BCUT2D eigenvalue weighted by molar-refractivity contribution is 6.20. The Morgan fingerprint density at radius 1 is 1.41 bits per heavy atom. The van der Waals surface area contributed by atoms with Crippen molar-refractivity contribution in [3.8, 4) is 0 Å². The zero-order chi connectivity index (χ0) is 16.7. The summed E-state index contributed by atoms with van der Waals surface area (Å²) < 4.78 is 17.8. The number of hydrogen-bond donors (Lipinski definition) is 2. The highest BCUT2D eigenvalue weighted by atomic mass is 19.1. The quantitative estimate of drug-likeness (QED) is 0.367. The summed E-state index contributed by atoms with van der Waals surface area (Å²) in [5.74, 6) is -1.78. The van der Waals surface area contributed by atoms with E-state index in [1.165, 1.54) is 30.5 Å². The van der Waals surface area contributed by atoms with Gasteiger partial charge in [-0.25, -0.2) is 9.18 Å². The topological polar surface area (TPSA) is 82.7 Å². The standard InChI is InChI=1S/C16H19FN2O3/c1-4-22-16(21)13(9-19-10(2)3)15(20)14(18)11-5-7-12(17)8-6-11/h5-10,18,20H,4H2,1-3H3.